The molecule has 0 aliphatic heterocycles. The SMILES string of the molecule is NC1(C(O)c2ccc(O)cc2)CCC1. The van der Waals surface area contributed by atoms with Gasteiger partial charge in [0.05, 0.1) is 6.10 Å². The van der Waals surface area contributed by atoms with E-state index in [9.17, 15) is 5.11 Å². The van der Waals surface area contributed by atoms with Crippen LogP contribution >= 0.6 is 0 Å². The van der Waals surface area contributed by atoms with Gasteiger partial charge in [0.25, 0.3) is 0 Å². The Hall–Kier alpha value is -1.06. The smallest absolute Gasteiger partial charge is 0.115 e. The van der Waals surface area contributed by atoms with E-state index in [1.54, 1.807) is 24.3 Å². The number of benzene rings is 1. The van der Waals surface area contributed by atoms with Gasteiger partial charge in [0.1, 0.15) is 5.75 Å². The number of aliphatic hydroxyl groups excluding tert-OH is 1. The third kappa shape index (κ3) is 1.49. The van der Waals surface area contributed by atoms with E-state index < -0.39 is 11.6 Å². The van der Waals surface area contributed by atoms with E-state index in [0.717, 1.165) is 24.8 Å². The first-order chi connectivity index (χ1) is 6.62. The largest absolute Gasteiger partial charge is 0.508 e. The topological polar surface area (TPSA) is 66.5 Å². The van der Waals surface area contributed by atoms with Gasteiger partial charge in [0.2, 0.25) is 0 Å². The lowest BCUT2D eigenvalue weighted by Gasteiger charge is -2.42. The summed E-state index contributed by atoms with van der Waals surface area (Å²) in [4.78, 5) is 0. The maximum atomic E-state index is 9.98. The number of aromatic hydroxyl groups is 1. The van der Waals surface area contributed by atoms with E-state index in [1.807, 2.05) is 0 Å². The normalized spacial score (nSPS) is 21.3. The van der Waals surface area contributed by atoms with Crippen molar-refractivity contribution >= 4 is 0 Å². The van der Waals surface area contributed by atoms with Crippen LogP contribution in [0, 0.1) is 0 Å². The maximum absolute atomic E-state index is 9.98. The number of phenolic OH excluding ortho intramolecular Hbond substituents is 1. The standard InChI is InChI=1S/C11H15NO2/c12-11(6-1-7-11)10(14)8-2-4-9(13)5-3-8/h2-5,10,13-14H,1,6-7,12H2. The molecule has 0 spiro atoms. The second-order valence-electron chi connectivity index (χ2n) is 4.08. The van der Waals surface area contributed by atoms with Crippen LogP contribution in [0.3, 0.4) is 0 Å². The van der Waals surface area contributed by atoms with Crippen LogP contribution in [-0.4, -0.2) is 15.8 Å². The highest BCUT2D eigenvalue weighted by Crippen LogP contribution is 2.39. The molecule has 0 aromatic heterocycles. The molecule has 1 saturated carbocycles. The average Bonchev–Trinajstić information content (AvgIpc) is 2.14. The Bertz CT molecular complexity index is 317. The van der Waals surface area contributed by atoms with Crippen LogP contribution in [0.4, 0.5) is 0 Å². The fraction of sp³-hybridized carbons (Fsp3) is 0.455. The quantitative estimate of drug-likeness (QED) is 0.663. The maximum Gasteiger partial charge on any atom is 0.115 e. The molecule has 1 unspecified atom stereocenters. The molecular weight excluding hydrogens is 178 g/mol. The minimum atomic E-state index is -0.614. The highest BCUT2D eigenvalue weighted by molar-refractivity contribution is 5.29. The average molecular weight is 193 g/mol. The summed E-state index contributed by atoms with van der Waals surface area (Å²) in [6.07, 6.45) is 2.22. The van der Waals surface area contributed by atoms with Gasteiger partial charge in [-0.2, -0.15) is 0 Å². The van der Waals surface area contributed by atoms with Crippen molar-refractivity contribution in [1.29, 1.82) is 0 Å². The molecule has 1 aliphatic carbocycles. The Morgan fingerprint density at radius 3 is 2.21 bits per heavy atom. The van der Waals surface area contributed by atoms with Gasteiger partial charge in [0.15, 0.2) is 0 Å². The molecule has 1 aliphatic rings. The van der Waals surface area contributed by atoms with E-state index in [0.29, 0.717) is 0 Å². The molecule has 1 aromatic rings. The highest BCUT2D eigenvalue weighted by atomic mass is 16.3. The molecule has 0 heterocycles. The van der Waals surface area contributed by atoms with Crippen molar-refractivity contribution < 1.29 is 10.2 Å². The van der Waals surface area contributed by atoms with E-state index >= 15 is 0 Å². The van der Waals surface area contributed by atoms with E-state index in [4.69, 9.17) is 10.8 Å². The first kappa shape index (κ1) is 9.49. The molecule has 14 heavy (non-hydrogen) atoms. The van der Waals surface area contributed by atoms with Crippen molar-refractivity contribution in [1.82, 2.24) is 0 Å². The third-order valence-electron chi connectivity index (χ3n) is 3.04. The van der Waals surface area contributed by atoms with Crippen LogP contribution in [0.2, 0.25) is 0 Å². The second-order valence-corrected chi connectivity index (χ2v) is 4.08. The molecule has 4 N–H and O–H groups in total. The number of hydrogen-bond donors (Lipinski definition) is 3. The van der Waals surface area contributed by atoms with Crippen LogP contribution in [0.1, 0.15) is 30.9 Å². The highest BCUT2D eigenvalue weighted by Gasteiger charge is 2.40. The third-order valence-corrected chi connectivity index (χ3v) is 3.04. The zero-order valence-corrected chi connectivity index (χ0v) is 7.98. The van der Waals surface area contributed by atoms with E-state index in [1.165, 1.54) is 0 Å². The zero-order chi connectivity index (χ0) is 10.2. The van der Waals surface area contributed by atoms with Gasteiger partial charge in [-0.05, 0) is 37.0 Å². The molecule has 1 fully saturated rings. The molecule has 76 valence electrons. The van der Waals surface area contributed by atoms with Crippen LogP contribution in [-0.2, 0) is 0 Å². The minimum Gasteiger partial charge on any atom is -0.508 e. The van der Waals surface area contributed by atoms with E-state index in [2.05, 4.69) is 0 Å². The summed E-state index contributed by atoms with van der Waals surface area (Å²) in [6.45, 7) is 0. The number of rotatable bonds is 2. The van der Waals surface area contributed by atoms with Crippen LogP contribution in [0.5, 0.6) is 5.75 Å². The second kappa shape index (κ2) is 3.26. The number of hydrogen-bond acceptors (Lipinski definition) is 3. The van der Waals surface area contributed by atoms with Gasteiger partial charge < -0.3 is 15.9 Å². The summed E-state index contributed by atoms with van der Waals surface area (Å²) in [5, 5.41) is 19.1. The monoisotopic (exact) mass is 193 g/mol. The molecule has 0 bridgehead atoms. The summed E-state index contributed by atoms with van der Waals surface area (Å²) in [6, 6.07) is 6.57. The summed E-state index contributed by atoms with van der Waals surface area (Å²) in [5.41, 5.74) is 6.34. The molecule has 1 aromatic carbocycles. The Balaban J connectivity index is 2.18. The fourth-order valence-corrected chi connectivity index (χ4v) is 1.85. The Kier molecular flexibility index (Phi) is 2.21. The van der Waals surface area contributed by atoms with Crippen molar-refractivity contribution in [3.63, 3.8) is 0 Å². The minimum absolute atomic E-state index is 0.209. The molecule has 1 atom stereocenters. The lowest BCUT2D eigenvalue weighted by Crippen LogP contribution is -2.51. The molecule has 3 nitrogen and oxygen atoms in total. The van der Waals surface area contributed by atoms with Crippen LogP contribution in [0.25, 0.3) is 0 Å². The van der Waals surface area contributed by atoms with Gasteiger partial charge in [-0.15, -0.1) is 0 Å². The predicted molar refractivity (Wildman–Crippen MR) is 53.8 cm³/mol. The Morgan fingerprint density at radius 1 is 1.21 bits per heavy atom. The Labute approximate surface area is 83.2 Å². The molecular formula is C11H15NO2. The van der Waals surface area contributed by atoms with Crippen molar-refractivity contribution in [3.05, 3.63) is 29.8 Å². The van der Waals surface area contributed by atoms with Gasteiger partial charge >= 0.3 is 0 Å². The molecule has 2 rings (SSSR count). The van der Waals surface area contributed by atoms with Crippen LogP contribution in [0.15, 0.2) is 24.3 Å². The van der Waals surface area contributed by atoms with Gasteiger partial charge in [-0.3, -0.25) is 0 Å². The lowest BCUT2D eigenvalue weighted by molar-refractivity contribution is 0.0337. The lowest BCUT2D eigenvalue weighted by atomic mass is 9.72. The number of nitrogens with two attached hydrogens (primary N) is 1. The summed E-state index contributed by atoms with van der Waals surface area (Å²) >= 11 is 0. The zero-order valence-electron chi connectivity index (χ0n) is 7.98. The number of phenols is 1. The predicted octanol–water partition coefficient (Wildman–Crippen LogP) is 1.31. The van der Waals surface area contributed by atoms with Gasteiger partial charge in [-0.1, -0.05) is 12.1 Å². The molecule has 0 radical (unpaired) electrons. The van der Waals surface area contributed by atoms with Gasteiger partial charge in [0, 0.05) is 5.54 Å². The Morgan fingerprint density at radius 2 is 1.79 bits per heavy atom. The van der Waals surface area contributed by atoms with Crippen molar-refractivity contribution in [2.45, 2.75) is 30.9 Å². The summed E-state index contributed by atoms with van der Waals surface area (Å²) < 4.78 is 0. The van der Waals surface area contributed by atoms with Crippen molar-refractivity contribution in [2.75, 3.05) is 0 Å². The van der Waals surface area contributed by atoms with Crippen molar-refractivity contribution in [2.24, 2.45) is 5.73 Å². The summed E-state index contributed by atoms with van der Waals surface area (Å²) in [7, 11) is 0. The number of aliphatic hydroxyl groups is 1. The molecule has 0 saturated heterocycles. The van der Waals surface area contributed by atoms with Crippen LogP contribution < -0.4 is 5.73 Å². The first-order valence-electron chi connectivity index (χ1n) is 4.88. The van der Waals surface area contributed by atoms with Gasteiger partial charge in [-0.25, -0.2) is 0 Å². The molecule has 0 amide bonds. The first-order valence-corrected chi connectivity index (χ1v) is 4.88. The van der Waals surface area contributed by atoms with Crippen molar-refractivity contribution in [3.8, 4) is 5.75 Å². The van der Waals surface area contributed by atoms with E-state index in [-0.39, 0.29) is 5.75 Å². The summed E-state index contributed by atoms with van der Waals surface area (Å²) in [5.74, 6) is 0.209. The fourth-order valence-electron chi connectivity index (χ4n) is 1.85. The molecule has 3 heteroatoms.